The first-order chi connectivity index (χ1) is 16.4. The van der Waals surface area contributed by atoms with E-state index < -0.39 is 0 Å². The summed E-state index contributed by atoms with van der Waals surface area (Å²) >= 11 is 5.86. The molecule has 1 aliphatic rings. The van der Waals surface area contributed by atoms with Gasteiger partial charge in [0.15, 0.2) is 5.11 Å². The predicted octanol–water partition coefficient (Wildman–Crippen LogP) is 4.24. The average molecular weight is 479 g/mol. The summed E-state index contributed by atoms with van der Waals surface area (Å²) in [7, 11) is 0. The Labute approximate surface area is 206 Å². The molecule has 0 saturated carbocycles. The van der Waals surface area contributed by atoms with Crippen LogP contribution in [0.3, 0.4) is 0 Å². The van der Waals surface area contributed by atoms with Crippen LogP contribution in [0.15, 0.2) is 47.3 Å². The highest BCUT2D eigenvalue weighted by molar-refractivity contribution is 7.80. The van der Waals surface area contributed by atoms with Gasteiger partial charge >= 0.3 is 0 Å². The van der Waals surface area contributed by atoms with Crippen LogP contribution in [0, 0.1) is 13.8 Å². The maximum absolute atomic E-state index is 12.9. The van der Waals surface area contributed by atoms with Gasteiger partial charge in [0.1, 0.15) is 0 Å². The van der Waals surface area contributed by atoms with Crippen LogP contribution in [-0.2, 0) is 17.7 Å². The van der Waals surface area contributed by atoms with Gasteiger partial charge < -0.3 is 19.9 Å². The molecule has 180 valence electrons. The van der Waals surface area contributed by atoms with Gasteiger partial charge in [0.2, 0.25) is 0 Å². The summed E-state index contributed by atoms with van der Waals surface area (Å²) in [5, 5.41) is 5.12. The number of H-pyrrole nitrogens is 1. The van der Waals surface area contributed by atoms with Gasteiger partial charge in [-0.05, 0) is 78.8 Å². The highest BCUT2D eigenvalue weighted by atomic mass is 32.1. The molecule has 0 aliphatic carbocycles. The third kappa shape index (κ3) is 6.03. The van der Waals surface area contributed by atoms with Crippen molar-refractivity contribution < 1.29 is 4.74 Å². The quantitative estimate of drug-likeness (QED) is 0.496. The lowest BCUT2D eigenvalue weighted by Gasteiger charge is -2.31. The fraction of sp³-hybridized carbons (Fsp3) is 0.407. The van der Waals surface area contributed by atoms with E-state index >= 15 is 0 Å². The molecule has 6 nitrogen and oxygen atoms in total. The minimum Gasteiger partial charge on any atom is -0.379 e. The van der Waals surface area contributed by atoms with Gasteiger partial charge in [0.25, 0.3) is 5.56 Å². The molecule has 0 spiro atoms. The van der Waals surface area contributed by atoms with Gasteiger partial charge in [0.05, 0.1) is 19.8 Å². The zero-order valence-electron chi connectivity index (χ0n) is 20.3. The Balaban J connectivity index is 1.59. The molecule has 1 saturated heterocycles. The highest BCUT2D eigenvalue weighted by Gasteiger charge is 2.17. The summed E-state index contributed by atoms with van der Waals surface area (Å²) in [6, 6.07) is 14.5. The van der Waals surface area contributed by atoms with Crippen LogP contribution in [0.1, 0.15) is 29.2 Å². The molecule has 34 heavy (non-hydrogen) atoms. The van der Waals surface area contributed by atoms with Gasteiger partial charge in [-0.1, -0.05) is 25.1 Å². The summed E-state index contributed by atoms with van der Waals surface area (Å²) in [4.78, 5) is 20.5. The van der Waals surface area contributed by atoms with Gasteiger partial charge in [-0.25, -0.2) is 0 Å². The van der Waals surface area contributed by atoms with Crippen molar-refractivity contribution in [2.45, 2.75) is 33.7 Å². The maximum atomic E-state index is 12.9. The van der Waals surface area contributed by atoms with Crippen LogP contribution in [0.5, 0.6) is 0 Å². The van der Waals surface area contributed by atoms with E-state index in [4.69, 9.17) is 17.0 Å². The number of fused-ring (bicyclic) bond motifs is 1. The van der Waals surface area contributed by atoms with Gasteiger partial charge in [0, 0.05) is 42.9 Å². The van der Waals surface area contributed by atoms with Crippen molar-refractivity contribution >= 4 is 33.9 Å². The largest absolute Gasteiger partial charge is 0.379 e. The number of aromatic amines is 1. The van der Waals surface area contributed by atoms with Gasteiger partial charge in [-0.2, -0.15) is 0 Å². The molecule has 1 aromatic heterocycles. The normalized spacial score (nSPS) is 14.3. The van der Waals surface area contributed by atoms with E-state index in [1.54, 1.807) is 0 Å². The van der Waals surface area contributed by atoms with Crippen LogP contribution in [0.25, 0.3) is 10.9 Å². The molecule has 0 radical (unpaired) electrons. The second kappa shape index (κ2) is 11.1. The Kier molecular flexibility index (Phi) is 7.98. The molecule has 2 heterocycles. The lowest BCUT2D eigenvalue weighted by atomic mass is 10.1. The fourth-order valence-corrected chi connectivity index (χ4v) is 4.51. The SMILES string of the molecule is CCc1ccc2[nH]c(=O)c(CN(CCN3CCOCC3)C(=S)Nc3cc(C)ccc3C)cc2c1. The van der Waals surface area contributed by atoms with E-state index in [-0.39, 0.29) is 5.56 Å². The van der Waals surface area contributed by atoms with Crippen molar-refractivity contribution in [3.8, 4) is 0 Å². The number of nitrogens with zero attached hydrogens (tertiary/aromatic N) is 2. The molecular formula is C27H34N4O2S. The summed E-state index contributed by atoms with van der Waals surface area (Å²) in [6.45, 7) is 11.7. The number of rotatable bonds is 7. The first-order valence-electron chi connectivity index (χ1n) is 12.0. The Morgan fingerprint density at radius 1 is 1.15 bits per heavy atom. The van der Waals surface area contributed by atoms with Crippen molar-refractivity contribution in [1.82, 2.24) is 14.8 Å². The Bertz CT molecular complexity index is 1220. The second-order valence-corrected chi connectivity index (χ2v) is 9.41. The number of pyridine rings is 1. The summed E-state index contributed by atoms with van der Waals surface area (Å²) in [5.41, 5.74) is 6.07. The monoisotopic (exact) mass is 478 g/mol. The third-order valence-corrected chi connectivity index (χ3v) is 6.83. The molecule has 0 bridgehead atoms. The number of aryl methyl sites for hydroxylation is 3. The predicted molar refractivity (Wildman–Crippen MR) is 144 cm³/mol. The number of morpholine rings is 1. The first kappa shape index (κ1) is 24.4. The van der Waals surface area contributed by atoms with Crippen molar-refractivity contribution in [1.29, 1.82) is 0 Å². The molecular weight excluding hydrogens is 444 g/mol. The number of anilines is 1. The number of thiocarbonyl (C=S) groups is 1. The topological polar surface area (TPSA) is 60.6 Å². The average Bonchev–Trinajstić information content (AvgIpc) is 2.84. The standard InChI is InChI=1S/C27H34N4O2S/c1-4-21-7-8-24-22(16-21)17-23(26(32)28-24)18-31(10-9-30-11-13-33-14-12-30)27(34)29-25-15-19(2)5-6-20(25)3/h5-8,15-17H,4,9-14,18H2,1-3H3,(H,28,32)(H,29,34). The number of aromatic nitrogens is 1. The van der Waals surface area contributed by atoms with Crippen molar-refractivity contribution in [3.63, 3.8) is 0 Å². The number of ether oxygens (including phenoxy) is 1. The van der Waals surface area contributed by atoms with E-state index in [0.29, 0.717) is 17.2 Å². The van der Waals surface area contributed by atoms with E-state index in [0.717, 1.165) is 68.0 Å². The summed E-state index contributed by atoms with van der Waals surface area (Å²) in [6.07, 6.45) is 0.958. The Morgan fingerprint density at radius 3 is 2.71 bits per heavy atom. The zero-order valence-corrected chi connectivity index (χ0v) is 21.1. The summed E-state index contributed by atoms with van der Waals surface area (Å²) in [5.74, 6) is 0. The van der Waals surface area contributed by atoms with Crippen LogP contribution < -0.4 is 10.9 Å². The highest BCUT2D eigenvalue weighted by Crippen LogP contribution is 2.19. The molecule has 1 aliphatic heterocycles. The van der Waals surface area contributed by atoms with E-state index in [1.807, 2.05) is 12.1 Å². The minimum atomic E-state index is -0.0670. The minimum absolute atomic E-state index is 0.0670. The van der Waals surface area contributed by atoms with E-state index in [9.17, 15) is 4.79 Å². The molecule has 1 fully saturated rings. The fourth-order valence-electron chi connectivity index (χ4n) is 4.25. The molecule has 2 N–H and O–H groups in total. The van der Waals surface area contributed by atoms with Crippen molar-refractivity contribution in [3.05, 3.63) is 75.1 Å². The van der Waals surface area contributed by atoms with Crippen molar-refractivity contribution in [2.24, 2.45) is 0 Å². The Hall–Kier alpha value is -2.74. The summed E-state index contributed by atoms with van der Waals surface area (Å²) < 4.78 is 5.49. The number of hydrogen-bond donors (Lipinski definition) is 2. The lowest BCUT2D eigenvalue weighted by molar-refractivity contribution is 0.0358. The van der Waals surface area contributed by atoms with Crippen LogP contribution in [-0.4, -0.2) is 59.3 Å². The van der Waals surface area contributed by atoms with E-state index in [2.05, 4.69) is 71.2 Å². The lowest BCUT2D eigenvalue weighted by Crippen LogP contribution is -2.44. The molecule has 2 aromatic carbocycles. The Morgan fingerprint density at radius 2 is 1.94 bits per heavy atom. The first-order valence-corrected chi connectivity index (χ1v) is 12.4. The van der Waals surface area contributed by atoms with Gasteiger partial charge in [-0.3, -0.25) is 9.69 Å². The third-order valence-electron chi connectivity index (χ3n) is 6.47. The molecule has 7 heteroatoms. The maximum Gasteiger partial charge on any atom is 0.253 e. The van der Waals surface area contributed by atoms with Crippen LogP contribution >= 0.6 is 12.2 Å². The molecule has 3 aromatic rings. The zero-order chi connectivity index (χ0) is 24.1. The second-order valence-electron chi connectivity index (χ2n) is 9.02. The number of benzene rings is 2. The van der Waals surface area contributed by atoms with Crippen molar-refractivity contribution in [2.75, 3.05) is 44.7 Å². The molecule has 4 rings (SSSR count). The van der Waals surface area contributed by atoms with E-state index in [1.165, 1.54) is 11.1 Å². The number of hydrogen-bond acceptors (Lipinski definition) is 4. The molecule has 0 amide bonds. The van der Waals surface area contributed by atoms with Gasteiger partial charge in [-0.15, -0.1) is 0 Å². The number of nitrogens with one attached hydrogen (secondary N) is 2. The smallest absolute Gasteiger partial charge is 0.253 e. The van der Waals surface area contributed by atoms with Crippen LogP contribution in [0.2, 0.25) is 0 Å². The van der Waals surface area contributed by atoms with Crippen LogP contribution in [0.4, 0.5) is 5.69 Å². The molecule has 0 atom stereocenters. The molecule has 0 unspecified atom stereocenters.